The lowest BCUT2D eigenvalue weighted by molar-refractivity contribution is -0.115. The molecule has 31 heavy (non-hydrogen) atoms. The molecule has 0 N–H and O–H groups in total. The monoisotopic (exact) mass is 471 g/mol. The molecule has 0 radical (unpaired) electrons. The van der Waals surface area contributed by atoms with Gasteiger partial charge in [-0.15, -0.1) is 32.9 Å². The highest BCUT2D eigenvalue weighted by Gasteiger charge is 2.20. The third-order valence-electron chi connectivity index (χ3n) is 4.43. The molecule has 0 atom stereocenters. The van der Waals surface area contributed by atoms with E-state index in [4.69, 9.17) is 4.42 Å². The predicted octanol–water partition coefficient (Wildman–Crippen LogP) is 5.48. The molecular formula is C21H21N5O2S3. The number of rotatable bonds is 7. The van der Waals surface area contributed by atoms with Crippen LogP contribution >= 0.6 is 34.4 Å². The van der Waals surface area contributed by atoms with Gasteiger partial charge in [-0.1, -0.05) is 29.5 Å². The van der Waals surface area contributed by atoms with Crippen molar-refractivity contribution in [1.29, 1.82) is 0 Å². The van der Waals surface area contributed by atoms with Crippen molar-refractivity contribution in [3.8, 4) is 0 Å². The topological polar surface area (TPSA) is 85.0 Å². The number of carbonyl (C=O) groups is 1. The second kappa shape index (κ2) is 9.29. The van der Waals surface area contributed by atoms with Crippen LogP contribution in [0.1, 0.15) is 40.3 Å². The molecule has 0 fully saturated rings. The van der Waals surface area contributed by atoms with Gasteiger partial charge in [-0.2, -0.15) is 0 Å². The van der Waals surface area contributed by atoms with Crippen molar-refractivity contribution in [3.63, 3.8) is 0 Å². The number of hydrogen-bond acceptors (Lipinski definition) is 9. The molecule has 0 spiro atoms. The Morgan fingerprint density at radius 2 is 1.90 bits per heavy atom. The molecule has 0 unspecified atom stereocenters. The Kier molecular flexibility index (Phi) is 6.49. The largest absolute Gasteiger partial charge is 0.416 e. The summed E-state index contributed by atoms with van der Waals surface area (Å²) in [4.78, 5) is 23.1. The van der Waals surface area contributed by atoms with Gasteiger partial charge in [0.15, 0.2) is 5.13 Å². The van der Waals surface area contributed by atoms with Crippen molar-refractivity contribution in [2.75, 3.05) is 4.90 Å². The molecule has 3 aromatic heterocycles. The van der Waals surface area contributed by atoms with E-state index >= 15 is 0 Å². The molecule has 0 saturated heterocycles. The minimum Gasteiger partial charge on any atom is -0.416 e. The Morgan fingerprint density at radius 3 is 2.61 bits per heavy atom. The Balaban J connectivity index is 1.43. The van der Waals surface area contributed by atoms with Crippen molar-refractivity contribution in [2.24, 2.45) is 0 Å². The molecule has 0 aliphatic rings. The van der Waals surface area contributed by atoms with E-state index in [1.165, 1.54) is 23.1 Å². The van der Waals surface area contributed by atoms with Crippen LogP contribution in [0.25, 0.3) is 0 Å². The maximum Gasteiger partial charge on any atom is 0.276 e. The predicted molar refractivity (Wildman–Crippen MR) is 124 cm³/mol. The zero-order valence-corrected chi connectivity index (χ0v) is 20.0. The number of amides is 1. The van der Waals surface area contributed by atoms with E-state index in [9.17, 15) is 4.79 Å². The normalized spacial score (nSPS) is 11.1. The summed E-state index contributed by atoms with van der Waals surface area (Å²) < 4.78 is 5.72. The fourth-order valence-corrected chi connectivity index (χ4v) is 5.35. The Bertz CT molecular complexity index is 1210. The van der Waals surface area contributed by atoms with Gasteiger partial charge in [0.25, 0.3) is 5.22 Å². The van der Waals surface area contributed by atoms with Gasteiger partial charge in [0.2, 0.25) is 11.8 Å². The van der Waals surface area contributed by atoms with Crippen LogP contribution in [0.4, 0.5) is 10.8 Å². The van der Waals surface area contributed by atoms with Gasteiger partial charge < -0.3 is 4.42 Å². The third-order valence-corrected chi connectivity index (χ3v) is 6.98. The first-order valence-corrected chi connectivity index (χ1v) is 12.3. The second-order valence-corrected chi connectivity index (χ2v) is 9.88. The number of benzene rings is 1. The molecule has 1 amide bonds. The smallest absolute Gasteiger partial charge is 0.276 e. The zero-order valence-electron chi connectivity index (χ0n) is 17.6. The van der Waals surface area contributed by atoms with Gasteiger partial charge in [0, 0.05) is 23.4 Å². The molecule has 4 rings (SSSR count). The van der Waals surface area contributed by atoms with Gasteiger partial charge in [-0.05, 0) is 32.4 Å². The molecule has 0 bridgehead atoms. The number of thioether (sulfide) groups is 1. The highest BCUT2D eigenvalue weighted by molar-refractivity contribution is 7.98. The molecule has 160 valence electrons. The molecule has 3 heterocycles. The van der Waals surface area contributed by atoms with E-state index in [1.807, 2.05) is 43.7 Å². The van der Waals surface area contributed by atoms with Gasteiger partial charge in [-0.25, -0.2) is 9.97 Å². The fraction of sp³-hybridized carbons (Fsp3) is 0.286. The average Bonchev–Trinajstić information content (AvgIpc) is 3.44. The van der Waals surface area contributed by atoms with Crippen LogP contribution in [-0.2, 0) is 17.0 Å². The van der Waals surface area contributed by atoms with Crippen LogP contribution in [0.2, 0.25) is 0 Å². The van der Waals surface area contributed by atoms with Crippen molar-refractivity contribution in [2.45, 2.75) is 45.1 Å². The number of aryl methyl sites for hydroxylation is 3. The Morgan fingerprint density at radius 1 is 1.10 bits per heavy atom. The summed E-state index contributed by atoms with van der Waals surface area (Å²) >= 11 is 4.48. The maximum atomic E-state index is 12.4. The number of nitrogens with zero attached hydrogens (tertiary/aromatic N) is 5. The summed E-state index contributed by atoms with van der Waals surface area (Å²) in [6.45, 7) is 7.56. The van der Waals surface area contributed by atoms with Crippen molar-refractivity contribution in [3.05, 3.63) is 62.4 Å². The van der Waals surface area contributed by atoms with E-state index in [-0.39, 0.29) is 5.91 Å². The Labute approximate surface area is 192 Å². The van der Waals surface area contributed by atoms with E-state index < -0.39 is 0 Å². The summed E-state index contributed by atoms with van der Waals surface area (Å²) in [7, 11) is 0. The highest BCUT2D eigenvalue weighted by Crippen LogP contribution is 2.33. The van der Waals surface area contributed by atoms with Crippen LogP contribution < -0.4 is 4.90 Å². The quantitative estimate of drug-likeness (QED) is 0.330. The summed E-state index contributed by atoms with van der Waals surface area (Å²) in [5.41, 5.74) is 4.84. The number of anilines is 2. The summed E-state index contributed by atoms with van der Waals surface area (Å²) in [6.07, 6.45) is 0.530. The molecule has 0 aliphatic carbocycles. The molecule has 0 saturated carbocycles. The molecule has 4 aromatic rings. The molecule has 10 heteroatoms. The van der Waals surface area contributed by atoms with Crippen molar-refractivity contribution in [1.82, 2.24) is 20.2 Å². The zero-order chi connectivity index (χ0) is 22.0. The minimum absolute atomic E-state index is 0.0701. The van der Waals surface area contributed by atoms with Crippen LogP contribution in [-0.4, -0.2) is 26.1 Å². The number of hydrogen-bond donors (Lipinski definition) is 0. The van der Waals surface area contributed by atoms with Gasteiger partial charge in [-0.3, -0.25) is 9.69 Å². The van der Waals surface area contributed by atoms with E-state index in [0.717, 1.165) is 33.2 Å². The van der Waals surface area contributed by atoms with Crippen molar-refractivity contribution >= 4 is 51.2 Å². The first kappa shape index (κ1) is 21.7. The van der Waals surface area contributed by atoms with Crippen LogP contribution in [0.5, 0.6) is 0 Å². The lowest BCUT2D eigenvalue weighted by Gasteiger charge is -2.20. The maximum absolute atomic E-state index is 12.4. The number of carbonyl (C=O) groups excluding carboxylic acids is 1. The summed E-state index contributed by atoms with van der Waals surface area (Å²) in [5, 5.41) is 14.3. The molecule has 7 nitrogen and oxygen atoms in total. The van der Waals surface area contributed by atoms with Gasteiger partial charge in [0.05, 0.1) is 28.5 Å². The van der Waals surface area contributed by atoms with Crippen molar-refractivity contribution < 1.29 is 9.21 Å². The minimum atomic E-state index is -0.0701. The van der Waals surface area contributed by atoms with Crippen LogP contribution in [0.15, 0.2) is 38.6 Å². The molecule has 1 aromatic carbocycles. The highest BCUT2D eigenvalue weighted by atomic mass is 32.2. The fourth-order valence-electron chi connectivity index (χ4n) is 3.08. The molecular weight excluding hydrogens is 450 g/mol. The number of thiazole rings is 2. The first-order valence-electron chi connectivity index (χ1n) is 9.57. The summed E-state index contributed by atoms with van der Waals surface area (Å²) in [6, 6.07) is 6.03. The van der Waals surface area contributed by atoms with Crippen LogP contribution in [0.3, 0.4) is 0 Å². The first-order chi connectivity index (χ1) is 14.9. The summed E-state index contributed by atoms with van der Waals surface area (Å²) in [5.74, 6) is 1.05. The van der Waals surface area contributed by atoms with E-state index in [1.54, 1.807) is 23.2 Å². The van der Waals surface area contributed by atoms with Gasteiger partial charge in [0.1, 0.15) is 0 Å². The van der Waals surface area contributed by atoms with E-state index in [2.05, 4.69) is 26.2 Å². The SMILES string of the molecule is CC(=O)N(c1nc(CSc2nnc(Cc3csc(C)n3)o2)cs1)c1ccc(C)cc1C. The lowest BCUT2D eigenvalue weighted by Crippen LogP contribution is -2.23. The number of aromatic nitrogens is 4. The van der Waals surface area contributed by atoms with Gasteiger partial charge >= 0.3 is 0 Å². The standard InChI is InChI=1S/C21H21N5O2S3/c1-12-5-6-18(13(2)7-12)26(15(4)27)20-23-17(10-30-20)11-31-21-25-24-19(28-21)8-16-9-29-14(3)22-16/h5-7,9-10H,8,11H2,1-4H3. The lowest BCUT2D eigenvalue weighted by atomic mass is 10.1. The third kappa shape index (κ3) is 5.20. The second-order valence-electron chi connectivity index (χ2n) is 7.05. The van der Waals surface area contributed by atoms with Crippen LogP contribution in [0, 0.1) is 20.8 Å². The molecule has 0 aliphatic heterocycles. The average molecular weight is 472 g/mol. The van der Waals surface area contributed by atoms with E-state index in [0.29, 0.717) is 28.4 Å². The Hall–Kier alpha value is -2.56.